The van der Waals surface area contributed by atoms with Crippen LogP contribution in [0.5, 0.6) is 0 Å². The van der Waals surface area contributed by atoms with Gasteiger partial charge in [0.1, 0.15) is 0 Å². The number of aromatic nitrogens is 1. The van der Waals surface area contributed by atoms with Crippen LogP contribution in [-0.2, 0) is 10.8 Å². The number of hydrogen-bond donors (Lipinski definition) is 0. The summed E-state index contributed by atoms with van der Waals surface area (Å²) in [7, 11) is 0. The lowest BCUT2D eigenvalue weighted by Crippen LogP contribution is -2.10. The average Bonchev–Trinajstić information content (AvgIpc) is 2.93. The highest BCUT2D eigenvalue weighted by Gasteiger charge is 2.20. The van der Waals surface area contributed by atoms with Crippen molar-refractivity contribution in [1.29, 1.82) is 0 Å². The van der Waals surface area contributed by atoms with Gasteiger partial charge in [-0.2, -0.15) is 0 Å². The Kier molecular flexibility index (Phi) is 4.46. The molecule has 0 aliphatic rings. The van der Waals surface area contributed by atoms with E-state index >= 15 is 0 Å². The molecule has 4 rings (SSSR count). The third-order valence-electron chi connectivity index (χ3n) is 5.56. The average molecular weight is 434 g/mol. The van der Waals surface area contributed by atoms with Gasteiger partial charge >= 0.3 is 0 Å². The molecule has 0 spiro atoms. The highest BCUT2D eigenvalue weighted by molar-refractivity contribution is 9.10. The summed E-state index contributed by atoms with van der Waals surface area (Å²) in [6, 6.07) is 22.4. The Hall–Kier alpha value is -2.06. The van der Waals surface area contributed by atoms with Gasteiger partial charge in [-0.25, -0.2) is 0 Å². The van der Waals surface area contributed by atoms with Crippen LogP contribution in [0.3, 0.4) is 0 Å². The fourth-order valence-electron chi connectivity index (χ4n) is 3.85. The SMILES string of the molecule is CC(C)(C)c1ccc2c(c1)c1cc(C(C)(C)C)ccc1n2-c1cccc(Br)c1. The molecule has 144 valence electrons. The van der Waals surface area contributed by atoms with Crippen molar-refractivity contribution in [3.05, 3.63) is 76.3 Å². The number of benzene rings is 3. The lowest BCUT2D eigenvalue weighted by atomic mass is 9.85. The van der Waals surface area contributed by atoms with E-state index in [-0.39, 0.29) is 10.8 Å². The molecule has 0 saturated carbocycles. The molecule has 3 aromatic carbocycles. The van der Waals surface area contributed by atoms with Crippen molar-refractivity contribution in [2.24, 2.45) is 0 Å². The van der Waals surface area contributed by atoms with Crippen molar-refractivity contribution in [3.8, 4) is 5.69 Å². The Morgan fingerprint density at radius 3 is 1.57 bits per heavy atom. The van der Waals surface area contributed by atoms with E-state index in [9.17, 15) is 0 Å². The van der Waals surface area contributed by atoms with Crippen molar-refractivity contribution in [3.63, 3.8) is 0 Å². The van der Waals surface area contributed by atoms with Crippen LogP contribution in [0.1, 0.15) is 52.7 Å². The normalized spacial score (nSPS) is 12.8. The predicted octanol–water partition coefficient (Wildman–Crippen LogP) is 8.14. The number of nitrogens with zero attached hydrogens (tertiary/aromatic N) is 1. The van der Waals surface area contributed by atoms with Gasteiger partial charge in [0, 0.05) is 20.9 Å². The van der Waals surface area contributed by atoms with Crippen molar-refractivity contribution in [2.45, 2.75) is 52.4 Å². The Balaban J connectivity index is 2.13. The molecule has 0 N–H and O–H groups in total. The fourth-order valence-corrected chi connectivity index (χ4v) is 4.24. The van der Waals surface area contributed by atoms with Gasteiger partial charge in [-0.3, -0.25) is 0 Å². The first-order valence-electron chi connectivity index (χ1n) is 9.91. The van der Waals surface area contributed by atoms with Crippen molar-refractivity contribution < 1.29 is 0 Å². The van der Waals surface area contributed by atoms with Gasteiger partial charge < -0.3 is 4.57 Å². The summed E-state index contributed by atoms with van der Waals surface area (Å²) in [6.07, 6.45) is 0. The molecule has 0 radical (unpaired) electrons. The van der Waals surface area contributed by atoms with Gasteiger partial charge in [0.25, 0.3) is 0 Å². The number of rotatable bonds is 1. The molecule has 1 nitrogen and oxygen atoms in total. The molecular weight excluding hydrogens is 406 g/mol. The quantitative estimate of drug-likeness (QED) is 0.285. The van der Waals surface area contributed by atoms with Crippen LogP contribution in [0.15, 0.2) is 65.1 Å². The second-order valence-electron chi connectivity index (χ2n) is 9.78. The minimum atomic E-state index is 0.125. The molecule has 1 aromatic heterocycles. The fraction of sp³-hybridized carbons (Fsp3) is 0.308. The minimum absolute atomic E-state index is 0.125. The lowest BCUT2D eigenvalue weighted by Gasteiger charge is -2.19. The Labute approximate surface area is 176 Å². The van der Waals surface area contributed by atoms with Gasteiger partial charge in [-0.15, -0.1) is 0 Å². The summed E-state index contributed by atoms with van der Waals surface area (Å²) in [6.45, 7) is 13.7. The van der Waals surface area contributed by atoms with Gasteiger partial charge in [-0.1, -0.05) is 75.7 Å². The van der Waals surface area contributed by atoms with Gasteiger partial charge in [0.15, 0.2) is 0 Å². The maximum Gasteiger partial charge on any atom is 0.0541 e. The van der Waals surface area contributed by atoms with Crippen LogP contribution < -0.4 is 0 Å². The van der Waals surface area contributed by atoms with Crippen LogP contribution in [0.25, 0.3) is 27.5 Å². The largest absolute Gasteiger partial charge is 0.309 e. The molecule has 28 heavy (non-hydrogen) atoms. The summed E-state index contributed by atoms with van der Waals surface area (Å²) < 4.78 is 3.48. The van der Waals surface area contributed by atoms with Gasteiger partial charge in [0.2, 0.25) is 0 Å². The van der Waals surface area contributed by atoms with Gasteiger partial charge in [-0.05, 0) is 64.4 Å². The maximum absolute atomic E-state index is 3.64. The van der Waals surface area contributed by atoms with Crippen LogP contribution in [0.2, 0.25) is 0 Å². The predicted molar refractivity (Wildman–Crippen MR) is 126 cm³/mol. The van der Waals surface area contributed by atoms with E-state index in [1.54, 1.807) is 0 Å². The number of halogens is 1. The van der Waals surface area contributed by atoms with Crippen molar-refractivity contribution in [2.75, 3.05) is 0 Å². The first kappa shape index (κ1) is 19.3. The molecule has 0 aliphatic heterocycles. The van der Waals surface area contributed by atoms with E-state index in [0.717, 1.165) is 4.47 Å². The molecule has 0 atom stereocenters. The molecule has 0 saturated heterocycles. The molecule has 2 heteroatoms. The number of hydrogen-bond acceptors (Lipinski definition) is 0. The highest BCUT2D eigenvalue weighted by atomic mass is 79.9. The first-order chi connectivity index (χ1) is 13.1. The zero-order valence-corrected chi connectivity index (χ0v) is 19.2. The van der Waals surface area contributed by atoms with E-state index in [4.69, 9.17) is 0 Å². The van der Waals surface area contributed by atoms with Crippen LogP contribution in [0.4, 0.5) is 0 Å². The second kappa shape index (κ2) is 6.49. The molecule has 4 aromatic rings. The van der Waals surface area contributed by atoms with E-state index in [1.165, 1.54) is 38.6 Å². The summed E-state index contributed by atoms with van der Waals surface area (Å²) in [5.74, 6) is 0. The van der Waals surface area contributed by atoms with E-state index in [2.05, 4.69) is 123 Å². The molecular formula is C26H28BrN. The van der Waals surface area contributed by atoms with Crippen LogP contribution >= 0.6 is 15.9 Å². The smallest absolute Gasteiger partial charge is 0.0541 e. The standard InChI is InChI=1S/C26H28BrN/c1-25(2,3)17-10-12-23-21(14-17)22-15-18(26(4,5)6)11-13-24(22)28(23)20-9-7-8-19(27)16-20/h7-16H,1-6H3. The summed E-state index contributed by atoms with van der Waals surface area (Å²) in [4.78, 5) is 0. The highest BCUT2D eigenvalue weighted by Crippen LogP contribution is 2.37. The van der Waals surface area contributed by atoms with Crippen LogP contribution in [0, 0.1) is 0 Å². The molecule has 1 heterocycles. The van der Waals surface area contributed by atoms with Crippen molar-refractivity contribution >= 4 is 37.7 Å². The zero-order chi connectivity index (χ0) is 20.3. The van der Waals surface area contributed by atoms with E-state index in [0.29, 0.717) is 0 Å². The Bertz CT molecular complexity index is 1110. The third-order valence-corrected chi connectivity index (χ3v) is 6.06. The van der Waals surface area contributed by atoms with Gasteiger partial charge in [0.05, 0.1) is 11.0 Å². The maximum atomic E-state index is 3.64. The number of fused-ring (bicyclic) bond motifs is 3. The van der Waals surface area contributed by atoms with E-state index in [1.807, 2.05) is 0 Å². The molecule has 0 unspecified atom stereocenters. The van der Waals surface area contributed by atoms with Crippen LogP contribution in [-0.4, -0.2) is 4.57 Å². The molecule has 0 fully saturated rings. The lowest BCUT2D eigenvalue weighted by molar-refractivity contribution is 0.590. The van der Waals surface area contributed by atoms with Crippen molar-refractivity contribution in [1.82, 2.24) is 4.57 Å². The zero-order valence-electron chi connectivity index (χ0n) is 17.6. The Morgan fingerprint density at radius 1 is 0.643 bits per heavy atom. The topological polar surface area (TPSA) is 4.93 Å². The minimum Gasteiger partial charge on any atom is -0.309 e. The Morgan fingerprint density at radius 2 is 1.14 bits per heavy atom. The third kappa shape index (κ3) is 3.28. The summed E-state index contributed by atoms with van der Waals surface area (Å²) >= 11 is 3.64. The summed E-state index contributed by atoms with van der Waals surface area (Å²) in [5, 5.41) is 2.65. The monoisotopic (exact) mass is 433 g/mol. The van der Waals surface area contributed by atoms with E-state index < -0.39 is 0 Å². The molecule has 0 amide bonds. The first-order valence-corrected chi connectivity index (χ1v) is 10.7. The molecule has 0 bridgehead atoms. The second-order valence-corrected chi connectivity index (χ2v) is 10.7. The summed E-state index contributed by atoms with van der Waals surface area (Å²) in [5.41, 5.74) is 6.68. The molecule has 0 aliphatic carbocycles.